The van der Waals surface area contributed by atoms with Crippen molar-refractivity contribution in [2.24, 2.45) is 11.3 Å². The quantitative estimate of drug-likeness (QED) is 0.864. The monoisotopic (exact) mass is 346 g/mol. The van der Waals surface area contributed by atoms with E-state index in [0.29, 0.717) is 34.8 Å². The first-order chi connectivity index (χ1) is 11.2. The largest absolute Gasteiger partial charge is 0.329 e. The lowest BCUT2D eigenvalue weighted by Gasteiger charge is -2.37. The first kappa shape index (κ1) is 16.7. The number of hydrogen-bond acceptors (Lipinski definition) is 3. The minimum atomic E-state index is -0.743. The van der Waals surface area contributed by atoms with Gasteiger partial charge in [0.25, 0.3) is 0 Å². The van der Waals surface area contributed by atoms with E-state index in [9.17, 15) is 14.4 Å². The van der Waals surface area contributed by atoms with E-state index in [0.717, 1.165) is 0 Å². The fourth-order valence-electron chi connectivity index (χ4n) is 3.34. The summed E-state index contributed by atoms with van der Waals surface area (Å²) in [7, 11) is 0. The molecule has 0 radical (unpaired) electrons. The number of anilines is 1. The molecule has 2 N–H and O–H groups in total. The molecular weight excluding hydrogens is 328 g/mol. The topological polar surface area (TPSA) is 75.3 Å². The normalized spacial score (nSPS) is 22.7. The van der Waals surface area contributed by atoms with E-state index in [1.165, 1.54) is 0 Å². The van der Waals surface area contributed by atoms with Gasteiger partial charge in [0.1, 0.15) is 0 Å². The van der Waals surface area contributed by atoms with Gasteiger partial charge in [-0.25, -0.2) is 0 Å². The predicted octanol–water partition coefficient (Wildman–Crippen LogP) is 3.06. The molecule has 2 amide bonds. The Morgan fingerprint density at radius 1 is 1.21 bits per heavy atom. The second kappa shape index (κ2) is 6.06. The van der Waals surface area contributed by atoms with Crippen LogP contribution in [-0.2, 0) is 14.4 Å². The van der Waals surface area contributed by atoms with Gasteiger partial charge in [0, 0.05) is 34.8 Å². The molecule has 1 atom stereocenters. The lowest BCUT2D eigenvalue weighted by Crippen LogP contribution is -2.44. The number of amides is 2. The van der Waals surface area contributed by atoms with Crippen molar-refractivity contribution in [1.29, 1.82) is 0 Å². The molecule has 3 rings (SSSR count). The van der Waals surface area contributed by atoms with Crippen LogP contribution < -0.4 is 10.6 Å². The van der Waals surface area contributed by atoms with Gasteiger partial charge in [0.15, 0.2) is 5.78 Å². The van der Waals surface area contributed by atoms with Gasteiger partial charge in [-0.05, 0) is 36.1 Å². The van der Waals surface area contributed by atoms with Crippen LogP contribution in [0.15, 0.2) is 35.5 Å². The molecule has 0 saturated carbocycles. The summed E-state index contributed by atoms with van der Waals surface area (Å²) in [6, 6.07) is 6.71. The van der Waals surface area contributed by atoms with Crippen molar-refractivity contribution in [1.82, 2.24) is 5.32 Å². The summed E-state index contributed by atoms with van der Waals surface area (Å²) in [5.74, 6) is -1.37. The molecule has 24 heavy (non-hydrogen) atoms. The van der Waals surface area contributed by atoms with Crippen molar-refractivity contribution in [2.45, 2.75) is 33.1 Å². The van der Waals surface area contributed by atoms with Crippen LogP contribution >= 0.6 is 11.6 Å². The van der Waals surface area contributed by atoms with E-state index in [1.807, 2.05) is 13.8 Å². The molecule has 2 aliphatic rings. The number of hydrogen-bond donors (Lipinski definition) is 2. The van der Waals surface area contributed by atoms with Crippen LogP contribution in [0.25, 0.3) is 0 Å². The molecule has 1 aliphatic carbocycles. The van der Waals surface area contributed by atoms with Crippen molar-refractivity contribution >= 4 is 34.9 Å². The number of carbonyl (C=O) groups is 3. The number of carbonyl (C=O) groups excluding carboxylic acids is 3. The molecule has 0 saturated heterocycles. The Hall–Kier alpha value is -2.14. The van der Waals surface area contributed by atoms with Crippen LogP contribution in [0.3, 0.4) is 0 Å². The minimum absolute atomic E-state index is 0.00950. The highest BCUT2D eigenvalue weighted by molar-refractivity contribution is 6.30. The Balaban J connectivity index is 1.88. The van der Waals surface area contributed by atoms with E-state index < -0.39 is 5.92 Å². The Kier molecular flexibility index (Phi) is 4.22. The first-order valence-electron chi connectivity index (χ1n) is 7.88. The highest BCUT2D eigenvalue weighted by Crippen LogP contribution is 2.40. The van der Waals surface area contributed by atoms with E-state index in [2.05, 4.69) is 10.6 Å². The molecule has 1 aromatic rings. The number of ketones is 1. The highest BCUT2D eigenvalue weighted by Gasteiger charge is 2.42. The van der Waals surface area contributed by atoms with Gasteiger partial charge < -0.3 is 10.6 Å². The third-order valence-corrected chi connectivity index (χ3v) is 4.63. The number of benzene rings is 1. The van der Waals surface area contributed by atoms with Crippen molar-refractivity contribution < 1.29 is 14.4 Å². The first-order valence-corrected chi connectivity index (χ1v) is 8.25. The van der Waals surface area contributed by atoms with Crippen LogP contribution in [0.1, 0.15) is 33.1 Å². The van der Waals surface area contributed by atoms with Crippen LogP contribution in [0.5, 0.6) is 0 Å². The van der Waals surface area contributed by atoms with Crippen molar-refractivity contribution in [3.63, 3.8) is 0 Å². The third-order valence-electron chi connectivity index (χ3n) is 4.38. The summed E-state index contributed by atoms with van der Waals surface area (Å²) >= 11 is 5.84. The Morgan fingerprint density at radius 2 is 1.88 bits per heavy atom. The average molecular weight is 347 g/mol. The lowest BCUT2D eigenvalue weighted by molar-refractivity contribution is -0.129. The maximum atomic E-state index is 12.6. The van der Waals surface area contributed by atoms with Gasteiger partial charge in [-0.2, -0.15) is 0 Å². The van der Waals surface area contributed by atoms with Crippen molar-refractivity contribution in [3.05, 3.63) is 40.6 Å². The molecule has 6 heteroatoms. The predicted molar refractivity (Wildman–Crippen MR) is 91.4 cm³/mol. The second-order valence-corrected chi connectivity index (χ2v) is 7.57. The summed E-state index contributed by atoms with van der Waals surface area (Å²) in [5.41, 5.74) is 1.43. The molecule has 0 unspecified atom stereocenters. The molecule has 0 fully saturated rings. The maximum Gasteiger partial charge on any atom is 0.232 e. The van der Waals surface area contributed by atoms with Gasteiger partial charge >= 0.3 is 0 Å². The van der Waals surface area contributed by atoms with Crippen molar-refractivity contribution in [3.8, 4) is 0 Å². The van der Waals surface area contributed by atoms with E-state index in [4.69, 9.17) is 11.6 Å². The van der Waals surface area contributed by atoms with Gasteiger partial charge in [-0.1, -0.05) is 25.4 Å². The summed E-state index contributed by atoms with van der Waals surface area (Å²) in [6.45, 7) is 3.97. The van der Waals surface area contributed by atoms with Crippen molar-refractivity contribution in [2.75, 3.05) is 5.32 Å². The second-order valence-electron chi connectivity index (χ2n) is 7.13. The molecule has 0 aromatic heterocycles. The fourth-order valence-corrected chi connectivity index (χ4v) is 3.47. The summed E-state index contributed by atoms with van der Waals surface area (Å²) in [4.78, 5) is 37.2. The molecule has 5 nitrogen and oxygen atoms in total. The van der Waals surface area contributed by atoms with Gasteiger partial charge in [0.2, 0.25) is 11.8 Å². The fraction of sp³-hybridized carbons (Fsp3) is 0.389. The Morgan fingerprint density at radius 3 is 2.54 bits per heavy atom. The van der Waals surface area contributed by atoms with Gasteiger partial charge in [-0.15, -0.1) is 0 Å². The molecule has 1 aromatic carbocycles. The standard InChI is InChI=1S/C18H19ClN2O3/c1-18(2)8-13-16(14(22)9-18)12(7-15(23)21-13)17(24)20-11-5-3-10(19)4-6-11/h3-6,12H,7-9H2,1-2H3,(H,20,24)(H,21,23)/t12-/m0/s1. The molecule has 1 aliphatic heterocycles. The molecule has 0 spiro atoms. The number of allylic oxidation sites excluding steroid dienone is 1. The maximum absolute atomic E-state index is 12.6. The van der Waals surface area contributed by atoms with Crippen LogP contribution in [0.4, 0.5) is 5.69 Å². The number of rotatable bonds is 2. The van der Waals surface area contributed by atoms with E-state index in [1.54, 1.807) is 24.3 Å². The molecule has 0 bridgehead atoms. The zero-order valence-corrected chi connectivity index (χ0v) is 14.4. The van der Waals surface area contributed by atoms with Gasteiger partial charge in [0.05, 0.1) is 5.92 Å². The van der Waals surface area contributed by atoms with E-state index in [-0.39, 0.29) is 29.4 Å². The van der Waals surface area contributed by atoms with Gasteiger partial charge in [-0.3, -0.25) is 14.4 Å². The Bertz CT molecular complexity index is 750. The summed E-state index contributed by atoms with van der Waals surface area (Å²) in [5, 5.41) is 6.12. The molecular formula is C18H19ClN2O3. The summed E-state index contributed by atoms with van der Waals surface area (Å²) in [6.07, 6.45) is 0.960. The number of nitrogens with one attached hydrogen (secondary N) is 2. The SMILES string of the molecule is CC1(C)CC(=O)C2=C(C1)NC(=O)C[C@@H]2C(=O)Nc1ccc(Cl)cc1. The summed E-state index contributed by atoms with van der Waals surface area (Å²) < 4.78 is 0. The van der Waals surface area contributed by atoms with E-state index >= 15 is 0 Å². The minimum Gasteiger partial charge on any atom is -0.329 e. The lowest BCUT2D eigenvalue weighted by atomic mass is 9.71. The molecule has 1 heterocycles. The van der Waals surface area contributed by atoms with Crippen LogP contribution in [0.2, 0.25) is 5.02 Å². The molecule has 126 valence electrons. The number of halogens is 1. The highest BCUT2D eigenvalue weighted by atomic mass is 35.5. The zero-order valence-electron chi connectivity index (χ0n) is 13.6. The van der Waals surface area contributed by atoms with Crippen LogP contribution in [-0.4, -0.2) is 17.6 Å². The smallest absolute Gasteiger partial charge is 0.232 e. The zero-order chi connectivity index (χ0) is 17.5. The number of Topliss-reactive ketones (excluding diaryl/α,β-unsaturated/α-hetero) is 1. The Labute approximate surface area is 145 Å². The third kappa shape index (κ3) is 3.36. The van der Waals surface area contributed by atoms with Crippen LogP contribution in [0, 0.1) is 11.3 Å². The average Bonchev–Trinajstić information content (AvgIpc) is 2.46.